The molecule has 1 unspecified atom stereocenters. The molecule has 2 aromatic rings. The van der Waals surface area contributed by atoms with Gasteiger partial charge in [0.15, 0.2) is 23.0 Å². The van der Waals surface area contributed by atoms with Gasteiger partial charge in [0.2, 0.25) is 0 Å². The third-order valence-electron chi connectivity index (χ3n) is 3.59. The molecule has 0 saturated carbocycles. The molecule has 3 N–H and O–H groups in total. The Morgan fingerprint density at radius 1 is 1.14 bits per heavy atom. The summed E-state index contributed by atoms with van der Waals surface area (Å²) in [7, 11) is 1.51. The van der Waals surface area contributed by atoms with Crippen molar-refractivity contribution in [1.29, 1.82) is 0 Å². The average Bonchev–Trinajstić information content (AvgIpc) is 2.51. The van der Waals surface area contributed by atoms with Gasteiger partial charge in [-0.1, -0.05) is 0 Å². The van der Waals surface area contributed by atoms with Crippen molar-refractivity contribution in [3.63, 3.8) is 0 Å². The maximum atomic E-state index is 12.2. The molecule has 0 aromatic heterocycles. The van der Waals surface area contributed by atoms with Crippen LogP contribution in [-0.2, 0) is 0 Å². The summed E-state index contributed by atoms with van der Waals surface area (Å²) in [4.78, 5) is 12.2. The van der Waals surface area contributed by atoms with Gasteiger partial charge in [0, 0.05) is 11.6 Å². The quantitative estimate of drug-likeness (QED) is 0.738. The smallest absolute Gasteiger partial charge is 0.200 e. The maximum absolute atomic E-state index is 12.2. The molecule has 6 nitrogen and oxygen atoms in total. The van der Waals surface area contributed by atoms with Crippen LogP contribution >= 0.6 is 0 Å². The second-order valence-electron chi connectivity index (χ2n) is 5.00. The van der Waals surface area contributed by atoms with E-state index in [1.807, 2.05) is 0 Å². The Kier molecular flexibility index (Phi) is 3.29. The first-order chi connectivity index (χ1) is 10.5. The minimum atomic E-state index is -0.662. The number of phenolic OH excluding ortho intramolecular Hbond substituents is 3. The van der Waals surface area contributed by atoms with Gasteiger partial charge in [0.25, 0.3) is 0 Å². The number of hydrogen-bond acceptors (Lipinski definition) is 6. The van der Waals surface area contributed by atoms with Gasteiger partial charge in [-0.15, -0.1) is 0 Å². The Bertz CT molecular complexity index is 729. The van der Waals surface area contributed by atoms with Crippen molar-refractivity contribution >= 4 is 5.78 Å². The number of hydrogen-bond donors (Lipinski definition) is 3. The highest BCUT2D eigenvalue weighted by atomic mass is 16.5. The van der Waals surface area contributed by atoms with Gasteiger partial charge in [-0.25, -0.2) is 0 Å². The standard InChI is InChI=1S/C16H14O6/c1-21-9-2-3-10-11(17)7-14(22-15(10)6-9)8-4-12(18)16(20)13(19)5-8/h2-6,14,18-20H,7H2,1H3. The summed E-state index contributed by atoms with van der Waals surface area (Å²) in [6.45, 7) is 0. The van der Waals surface area contributed by atoms with E-state index in [0.29, 0.717) is 22.6 Å². The summed E-state index contributed by atoms with van der Waals surface area (Å²) < 4.78 is 10.9. The average molecular weight is 302 g/mol. The number of carbonyl (C=O) groups is 1. The molecule has 22 heavy (non-hydrogen) atoms. The number of benzene rings is 2. The molecule has 0 spiro atoms. The molecule has 0 saturated heterocycles. The molecule has 0 amide bonds. The summed E-state index contributed by atoms with van der Waals surface area (Å²) in [5.74, 6) is -0.713. The normalized spacial score (nSPS) is 16.8. The summed E-state index contributed by atoms with van der Waals surface area (Å²) in [6, 6.07) is 7.45. The fraction of sp³-hybridized carbons (Fsp3) is 0.188. The van der Waals surface area contributed by atoms with Crippen LogP contribution in [0.25, 0.3) is 0 Å². The summed E-state index contributed by atoms with van der Waals surface area (Å²) in [5.41, 5.74) is 0.860. The van der Waals surface area contributed by atoms with E-state index < -0.39 is 23.4 Å². The van der Waals surface area contributed by atoms with Crippen LogP contribution in [0.4, 0.5) is 0 Å². The van der Waals surface area contributed by atoms with Crippen LogP contribution in [-0.4, -0.2) is 28.2 Å². The highest BCUT2D eigenvalue weighted by Gasteiger charge is 2.29. The molecular formula is C16H14O6. The molecule has 3 rings (SSSR count). The lowest BCUT2D eigenvalue weighted by Gasteiger charge is -2.26. The molecule has 1 atom stereocenters. The predicted molar refractivity (Wildman–Crippen MR) is 76.7 cm³/mol. The van der Waals surface area contributed by atoms with Crippen LogP contribution < -0.4 is 9.47 Å². The topological polar surface area (TPSA) is 96.2 Å². The molecule has 114 valence electrons. The van der Waals surface area contributed by atoms with E-state index in [4.69, 9.17) is 9.47 Å². The number of rotatable bonds is 2. The zero-order chi connectivity index (χ0) is 15.9. The van der Waals surface area contributed by atoms with E-state index in [1.165, 1.54) is 19.2 Å². The van der Waals surface area contributed by atoms with E-state index in [-0.39, 0.29) is 12.2 Å². The zero-order valence-electron chi connectivity index (χ0n) is 11.7. The second kappa shape index (κ2) is 5.14. The van der Waals surface area contributed by atoms with E-state index >= 15 is 0 Å². The third kappa shape index (κ3) is 2.28. The largest absolute Gasteiger partial charge is 0.504 e. The number of ether oxygens (including phenoxy) is 2. The SMILES string of the molecule is COc1ccc2c(c1)OC(c1cc(O)c(O)c(O)c1)CC2=O. The molecule has 1 heterocycles. The van der Waals surface area contributed by atoms with Crippen LogP contribution in [0, 0.1) is 0 Å². The van der Waals surface area contributed by atoms with Crippen LogP contribution in [0.5, 0.6) is 28.7 Å². The van der Waals surface area contributed by atoms with Gasteiger partial charge in [-0.2, -0.15) is 0 Å². The molecule has 0 aliphatic carbocycles. The van der Waals surface area contributed by atoms with Gasteiger partial charge >= 0.3 is 0 Å². The maximum Gasteiger partial charge on any atom is 0.200 e. The molecule has 1 aliphatic rings. The van der Waals surface area contributed by atoms with E-state index in [0.717, 1.165) is 0 Å². The summed E-state index contributed by atoms with van der Waals surface area (Å²) >= 11 is 0. The highest BCUT2D eigenvalue weighted by Crippen LogP contribution is 2.42. The number of aromatic hydroxyl groups is 3. The van der Waals surface area contributed by atoms with Crippen molar-refractivity contribution < 1.29 is 29.6 Å². The minimum absolute atomic E-state index is 0.0724. The molecular weight excluding hydrogens is 288 g/mol. The number of Topliss-reactive ketones (excluding diaryl/α,β-unsaturated/α-hetero) is 1. The van der Waals surface area contributed by atoms with Gasteiger partial charge in [0.1, 0.15) is 17.6 Å². The number of ketones is 1. The molecule has 2 aromatic carbocycles. The fourth-order valence-electron chi connectivity index (χ4n) is 2.43. The Hall–Kier alpha value is -2.89. The predicted octanol–water partition coefficient (Wildman–Crippen LogP) is 2.52. The number of carbonyl (C=O) groups excluding carboxylic acids is 1. The second-order valence-corrected chi connectivity index (χ2v) is 5.00. The fourth-order valence-corrected chi connectivity index (χ4v) is 2.43. The van der Waals surface area contributed by atoms with Crippen molar-refractivity contribution in [2.45, 2.75) is 12.5 Å². The van der Waals surface area contributed by atoms with Gasteiger partial charge < -0.3 is 24.8 Å². The van der Waals surface area contributed by atoms with Crippen LogP contribution in [0.3, 0.4) is 0 Å². The van der Waals surface area contributed by atoms with E-state index in [2.05, 4.69) is 0 Å². The molecule has 6 heteroatoms. The zero-order valence-corrected chi connectivity index (χ0v) is 11.7. The Morgan fingerprint density at radius 2 is 1.82 bits per heavy atom. The lowest BCUT2D eigenvalue weighted by molar-refractivity contribution is 0.0848. The minimum Gasteiger partial charge on any atom is -0.504 e. The van der Waals surface area contributed by atoms with Crippen LogP contribution in [0.15, 0.2) is 30.3 Å². The first-order valence-electron chi connectivity index (χ1n) is 6.62. The van der Waals surface area contributed by atoms with Crippen molar-refractivity contribution in [3.05, 3.63) is 41.5 Å². The van der Waals surface area contributed by atoms with Gasteiger partial charge in [0.05, 0.1) is 19.1 Å². The van der Waals surface area contributed by atoms with Crippen LogP contribution in [0.2, 0.25) is 0 Å². The molecule has 0 bridgehead atoms. The Labute approximate surface area is 126 Å². The highest BCUT2D eigenvalue weighted by molar-refractivity contribution is 6.00. The number of phenols is 3. The Morgan fingerprint density at radius 3 is 2.45 bits per heavy atom. The Balaban J connectivity index is 1.99. The summed E-state index contributed by atoms with van der Waals surface area (Å²) in [5, 5.41) is 28.6. The first-order valence-corrected chi connectivity index (χ1v) is 6.62. The van der Waals surface area contributed by atoms with Gasteiger partial charge in [-0.3, -0.25) is 4.79 Å². The van der Waals surface area contributed by atoms with Crippen molar-refractivity contribution in [3.8, 4) is 28.7 Å². The number of methoxy groups -OCH3 is 1. The lowest BCUT2D eigenvalue weighted by atomic mass is 9.96. The lowest BCUT2D eigenvalue weighted by Crippen LogP contribution is -2.20. The van der Waals surface area contributed by atoms with Crippen molar-refractivity contribution in [2.75, 3.05) is 7.11 Å². The van der Waals surface area contributed by atoms with E-state index in [1.54, 1.807) is 18.2 Å². The van der Waals surface area contributed by atoms with Crippen LogP contribution in [0.1, 0.15) is 28.4 Å². The monoisotopic (exact) mass is 302 g/mol. The number of fused-ring (bicyclic) bond motifs is 1. The third-order valence-corrected chi connectivity index (χ3v) is 3.59. The molecule has 0 fully saturated rings. The van der Waals surface area contributed by atoms with Crippen molar-refractivity contribution in [1.82, 2.24) is 0 Å². The van der Waals surface area contributed by atoms with E-state index in [9.17, 15) is 20.1 Å². The molecule has 1 aliphatic heterocycles. The summed E-state index contributed by atoms with van der Waals surface area (Å²) in [6.07, 6.45) is -0.590. The first kappa shape index (κ1) is 14.1. The van der Waals surface area contributed by atoms with Crippen molar-refractivity contribution in [2.24, 2.45) is 0 Å². The van der Waals surface area contributed by atoms with Gasteiger partial charge in [-0.05, 0) is 24.3 Å². The molecule has 0 radical (unpaired) electrons.